The summed E-state index contributed by atoms with van der Waals surface area (Å²) < 4.78 is 1.65. The van der Waals surface area contributed by atoms with Gasteiger partial charge in [-0.1, -0.05) is 13.8 Å². The maximum Gasteiger partial charge on any atom is 0.274 e. The molecule has 5 heteroatoms. The Kier molecular flexibility index (Phi) is 3.42. The number of hydrogen-bond acceptors (Lipinski definition) is 3. The van der Waals surface area contributed by atoms with Crippen molar-refractivity contribution in [3.05, 3.63) is 30.2 Å². The molecule has 0 bridgehead atoms. The maximum absolute atomic E-state index is 12.5. The van der Waals surface area contributed by atoms with Gasteiger partial charge in [0, 0.05) is 31.5 Å². The largest absolute Gasteiger partial charge is 0.337 e. The minimum Gasteiger partial charge on any atom is -0.337 e. The first-order chi connectivity index (χ1) is 9.63. The molecule has 20 heavy (non-hydrogen) atoms. The second-order valence-corrected chi connectivity index (χ2v) is 5.99. The van der Waals surface area contributed by atoms with Gasteiger partial charge < -0.3 is 4.90 Å². The predicted molar refractivity (Wildman–Crippen MR) is 76.5 cm³/mol. The van der Waals surface area contributed by atoms with Gasteiger partial charge in [0.1, 0.15) is 0 Å². The molecule has 1 aliphatic heterocycles. The average molecular weight is 272 g/mol. The van der Waals surface area contributed by atoms with Crippen LogP contribution in [-0.2, 0) is 0 Å². The highest BCUT2D eigenvalue weighted by molar-refractivity contribution is 5.93. The summed E-state index contributed by atoms with van der Waals surface area (Å²) in [6.45, 7) is 6.17. The molecule has 0 N–H and O–H groups in total. The predicted octanol–water partition coefficient (Wildman–Crippen LogP) is 2.24. The Balaban J connectivity index is 1.73. The van der Waals surface area contributed by atoms with Crippen LogP contribution >= 0.6 is 0 Å². The fourth-order valence-corrected chi connectivity index (χ4v) is 2.97. The molecule has 1 aliphatic rings. The van der Waals surface area contributed by atoms with Crippen LogP contribution in [0.5, 0.6) is 0 Å². The van der Waals surface area contributed by atoms with E-state index in [-0.39, 0.29) is 5.91 Å². The van der Waals surface area contributed by atoms with Crippen LogP contribution in [0.2, 0.25) is 0 Å². The van der Waals surface area contributed by atoms with E-state index in [2.05, 4.69) is 23.9 Å². The third-order valence-corrected chi connectivity index (χ3v) is 3.83. The smallest absolute Gasteiger partial charge is 0.274 e. The second kappa shape index (κ2) is 5.23. The monoisotopic (exact) mass is 272 g/mol. The van der Waals surface area contributed by atoms with Gasteiger partial charge in [0.2, 0.25) is 0 Å². The minimum atomic E-state index is 0.0294. The third kappa shape index (κ3) is 2.53. The Morgan fingerprint density at radius 3 is 3.10 bits per heavy atom. The van der Waals surface area contributed by atoms with Gasteiger partial charge in [-0.3, -0.25) is 4.79 Å². The van der Waals surface area contributed by atoms with Crippen LogP contribution in [0.1, 0.15) is 37.2 Å². The number of likely N-dealkylation sites (tertiary alicyclic amines) is 1. The fourth-order valence-electron chi connectivity index (χ4n) is 2.97. The third-order valence-electron chi connectivity index (χ3n) is 3.83. The van der Waals surface area contributed by atoms with Crippen molar-refractivity contribution < 1.29 is 4.79 Å². The van der Waals surface area contributed by atoms with E-state index in [0.29, 0.717) is 23.2 Å². The van der Waals surface area contributed by atoms with Crippen LogP contribution in [0, 0.1) is 11.8 Å². The molecule has 1 saturated heterocycles. The van der Waals surface area contributed by atoms with E-state index in [4.69, 9.17) is 0 Å². The Hall–Kier alpha value is -1.91. The highest BCUT2D eigenvalue weighted by atomic mass is 16.2. The van der Waals surface area contributed by atoms with Gasteiger partial charge in [-0.25, -0.2) is 9.50 Å². The summed E-state index contributed by atoms with van der Waals surface area (Å²) in [5.74, 6) is 1.35. The quantitative estimate of drug-likeness (QED) is 0.861. The molecule has 0 aromatic carbocycles. The Labute approximate surface area is 118 Å². The Morgan fingerprint density at radius 2 is 2.35 bits per heavy atom. The highest BCUT2D eigenvalue weighted by Gasteiger charge is 2.28. The lowest BCUT2D eigenvalue weighted by Crippen LogP contribution is -2.29. The molecular weight excluding hydrogens is 252 g/mol. The number of amides is 1. The zero-order valence-electron chi connectivity index (χ0n) is 12.0. The van der Waals surface area contributed by atoms with Gasteiger partial charge in [-0.05, 0) is 30.7 Å². The van der Waals surface area contributed by atoms with E-state index < -0.39 is 0 Å². The molecular formula is C15H20N4O. The first-order valence-corrected chi connectivity index (χ1v) is 7.23. The highest BCUT2D eigenvalue weighted by Crippen LogP contribution is 2.24. The first-order valence-electron chi connectivity index (χ1n) is 7.23. The summed E-state index contributed by atoms with van der Waals surface area (Å²) in [5.41, 5.74) is 1.21. The van der Waals surface area contributed by atoms with Gasteiger partial charge in [0.15, 0.2) is 11.3 Å². The summed E-state index contributed by atoms with van der Waals surface area (Å²) >= 11 is 0. The lowest BCUT2D eigenvalue weighted by atomic mass is 9.97. The van der Waals surface area contributed by atoms with Gasteiger partial charge in [-0.15, -0.1) is 0 Å². The number of rotatable bonds is 3. The molecule has 2 aromatic heterocycles. The number of carbonyl (C=O) groups excluding carboxylic acids is 1. The number of aromatic nitrogens is 3. The molecule has 1 amide bonds. The fraction of sp³-hybridized carbons (Fsp3) is 0.533. The molecule has 0 unspecified atom stereocenters. The van der Waals surface area contributed by atoms with Gasteiger partial charge in [-0.2, -0.15) is 5.10 Å². The van der Waals surface area contributed by atoms with E-state index in [1.807, 2.05) is 17.2 Å². The van der Waals surface area contributed by atoms with Crippen molar-refractivity contribution in [2.45, 2.75) is 26.7 Å². The van der Waals surface area contributed by atoms with Crippen molar-refractivity contribution >= 4 is 11.6 Å². The number of carbonyl (C=O) groups is 1. The Morgan fingerprint density at radius 1 is 1.50 bits per heavy atom. The van der Waals surface area contributed by atoms with Crippen LogP contribution < -0.4 is 0 Å². The van der Waals surface area contributed by atoms with Crippen LogP contribution in [0.25, 0.3) is 5.65 Å². The van der Waals surface area contributed by atoms with E-state index in [1.165, 1.54) is 6.42 Å². The molecule has 106 valence electrons. The van der Waals surface area contributed by atoms with Crippen LogP contribution in [0.4, 0.5) is 0 Å². The van der Waals surface area contributed by atoms with Crippen LogP contribution in [0.15, 0.2) is 24.5 Å². The molecule has 3 heterocycles. The summed E-state index contributed by atoms with van der Waals surface area (Å²) in [4.78, 5) is 18.6. The second-order valence-electron chi connectivity index (χ2n) is 5.99. The molecule has 0 spiro atoms. The lowest BCUT2D eigenvalue weighted by molar-refractivity contribution is 0.0779. The van der Waals surface area contributed by atoms with Crippen molar-refractivity contribution in [1.82, 2.24) is 19.5 Å². The van der Waals surface area contributed by atoms with Crippen molar-refractivity contribution in [2.24, 2.45) is 11.8 Å². The summed E-state index contributed by atoms with van der Waals surface area (Å²) in [7, 11) is 0. The first kappa shape index (κ1) is 13.1. The van der Waals surface area contributed by atoms with Crippen LogP contribution in [0.3, 0.4) is 0 Å². The molecule has 2 aromatic rings. The lowest BCUT2D eigenvalue weighted by Gasteiger charge is -2.16. The van der Waals surface area contributed by atoms with Gasteiger partial charge in [0.05, 0.1) is 0 Å². The molecule has 1 atom stereocenters. The molecule has 0 aliphatic carbocycles. The number of hydrogen-bond donors (Lipinski definition) is 0. The zero-order valence-corrected chi connectivity index (χ0v) is 12.0. The van der Waals surface area contributed by atoms with E-state index in [9.17, 15) is 4.79 Å². The standard InChI is InChI=1S/C15H20N4O/c1-11(2)8-12-4-7-18(10-12)15(20)13-9-14-16-5-3-6-19(14)17-13/h3,5-6,9,11-12H,4,7-8,10H2,1-2H3/t12-/m1/s1. The molecule has 0 saturated carbocycles. The number of fused-ring (bicyclic) bond motifs is 1. The SMILES string of the molecule is CC(C)C[C@H]1CCN(C(=O)c2cc3ncccn3n2)C1. The van der Waals surface area contributed by atoms with Crippen molar-refractivity contribution in [3.8, 4) is 0 Å². The summed E-state index contributed by atoms with van der Waals surface area (Å²) in [5, 5.41) is 4.31. The van der Waals surface area contributed by atoms with Crippen LogP contribution in [-0.4, -0.2) is 38.5 Å². The van der Waals surface area contributed by atoms with E-state index in [1.54, 1.807) is 16.8 Å². The van der Waals surface area contributed by atoms with E-state index in [0.717, 1.165) is 19.5 Å². The van der Waals surface area contributed by atoms with Gasteiger partial charge in [0.25, 0.3) is 5.91 Å². The van der Waals surface area contributed by atoms with Crippen molar-refractivity contribution in [1.29, 1.82) is 0 Å². The number of nitrogens with zero attached hydrogens (tertiary/aromatic N) is 4. The Bertz CT molecular complexity index is 586. The molecule has 5 nitrogen and oxygen atoms in total. The van der Waals surface area contributed by atoms with Gasteiger partial charge >= 0.3 is 0 Å². The molecule has 0 radical (unpaired) electrons. The van der Waals surface area contributed by atoms with E-state index >= 15 is 0 Å². The van der Waals surface area contributed by atoms with Crippen molar-refractivity contribution in [3.63, 3.8) is 0 Å². The molecule has 1 fully saturated rings. The van der Waals surface area contributed by atoms with Crippen molar-refractivity contribution in [2.75, 3.05) is 13.1 Å². The normalized spacial score (nSPS) is 19.1. The maximum atomic E-state index is 12.5. The summed E-state index contributed by atoms with van der Waals surface area (Å²) in [6.07, 6.45) is 5.82. The zero-order chi connectivity index (χ0) is 14.1. The minimum absolute atomic E-state index is 0.0294. The topological polar surface area (TPSA) is 50.5 Å². The average Bonchev–Trinajstić information content (AvgIpc) is 3.03. The molecule has 3 rings (SSSR count). The summed E-state index contributed by atoms with van der Waals surface area (Å²) in [6, 6.07) is 3.57.